The first kappa shape index (κ1) is 9.97. The molecule has 0 bridgehead atoms. The van der Waals surface area contributed by atoms with Crippen LogP contribution in [-0.2, 0) is 5.45 Å². The molecule has 0 fully saturated rings. The van der Waals surface area contributed by atoms with Crippen molar-refractivity contribution in [3.8, 4) is 0 Å². The highest BCUT2D eigenvalue weighted by atomic mass is 79.9. The minimum atomic E-state index is -0.0927. The third-order valence-electron chi connectivity index (χ3n) is 1.89. The smallest absolute Gasteiger partial charge is 0.276 e. The zero-order valence-electron chi connectivity index (χ0n) is 7.80. The molecule has 15 heavy (non-hydrogen) atoms. The molecule has 2 heterocycles. The summed E-state index contributed by atoms with van der Waals surface area (Å²) < 4.78 is 1.55. The van der Waals surface area contributed by atoms with Gasteiger partial charge in [-0.05, 0) is 18.2 Å². The number of hydrogen-bond acceptors (Lipinski definition) is 3. The summed E-state index contributed by atoms with van der Waals surface area (Å²) in [5, 5.41) is 3.95. The third-order valence-corrected chi connectivity index (χ3v) is 2.43. The fourth-order valence-electron chi connectivity index (χ4n) is 1.17. The molecule has 78 valence electrons. The summed E-state index contributed by atoms with van der Waals surface area (Å²) in [6, 6.07) is 5.29. The summed E-state index contributed by atoms with van der Waals surface area (Å²) in [4.78, 5) is 13.2. The Bertz CT molecular complexity index is 491. The van der Waals surface area contributed by atoms with Crippen LogP contribution in [0.4, 0.5) is 5.69 Å². The van der Waals surface area contributed by atoms with E-state index >= 15 is 0 Å². The Morgan fingerprint density at radius 3 is 2.93 bits per heavy atom. The Hall–Kier alpha value is -1.56. The molecule has 2 rings (SSSR count). The van der Waals surface area contributed by atoms with E-state index in [4.69, 9.17) is 0 Å². The SMILES string of the molecule is O=c1c(Nn2cccn2)cccn1CBr. The Labute approximate surface area is 94.4 Å². The summed E-state index contributed by atoms with van der Waals surface area (Å²) in [6.45, 7) is 0. The lowest BCUT2D eigenvalue weighted by atomic mass is 10.4. The molecule has 0 amide bonds. The Kier molecular flexibility index (Phi) is 2.86. The fraction of sp³-hybridized carbons (Fsp3) is 0.111. The van der Waals surface area contributed by atoms with Crippen molar-refractivity contribution in [3.63, 3.8) is 0 Å². The first-order valence-electron chi connectivity index (χ1n) is 4.33. The predicted molar refractivity (Wildman–Crippen MR) is 60.9 cm³/mol. The second kappa shape index (κ2) is 4.31. The number of rotatable bonds is 3. The van der Waals surface area contributed by atoms with Crippen LogP contribution >= 0.6 is 15.9 Å². The van der Waals surface area contributed by atoms with E-state index in [9.17, 15) is 4.79 Å². The van der Waals surface area contributed by atoms with Crippen LogP contribution < -0.4 is 11.0 Å². The van der Waals surface area contributed by atoms with E-state index in [0.717, 1.165) is 0 Å². The summed E-state index contributed by atoms with van der Waals surface area (Å²) >= 11 is 3.23. The average Bonchev–Trinajstić information content (AvgIpc) is 2.74. The van der Waals surface area contributed by atoms with Crippen molar-refractivity contribution >= 4 is 21.6 Å². The van der Waals surface area contributed by atoms with Crippen molar-refractivity contribution in [2.45, 2.75) is 5.45 Å². The van der Waals surface area contributed by atoms with Crippen LogP contribution in [-0.4, -0.2) is 14.5 Å². The topological polar surface area (TPSA) is 51.9 Å². The van der Waals surface area contributed by atoms with Gasteiger partial charge < -0.3 is 4.57 Å². The second-order valence-corrected chi connectivity index (χ2v) is 3.38. The quantitative estimate of drug-likeness (QED) is 0.854. The molecule has 0 unspecified atom stereocenters. The maximum absolute atomic E-state index is 11.8. The van der Waals surface area contributed by atoms with Gasteiger partial charge >= 0.3 is 0 Å². The Morgan fingerprint density at radius 1 is 1.40 bits per heavy atom. The van der Waals surface area contributed by atoms with Crippen molar-refractivity contribution in [1.82, 2.24) is 14.5 Å². The first-order valence-corrected chi connectivity index (χ1v) is 5.45. The molecule has 0 aliphatic rings. The van der Waals surface area contributed by atoms with Gasteiger partial charge in [-0.3, -0.25) is 10.2 Å². The highest BCUT2D eigenvalue weighted by Gasteiger charge is 2.01. The molecule has 0 saturated carbocycles. The zero-order chi connectivity index (χ0) is 10.7. The van der Waals surface area contributed by atoms with Gasteiger partial charge in [0, 0.05) is 12.4 Å². The van der Waals surface area contributed by atoms with Gasteiger partial charge in [-0.25, -0.2) is 0 Å². The molecule has 0 aliphatic carbocycles. The molecule has 0 aromatic carbocycles. The van der Waals surface area contributed by atoms with Gasteiger partial charge in [0.15, 0.2) is 0 Å². The molecule has 0 spiro atoms. The van der Waals surface area contributed by atoms with E-state index in [0.29, 0.717) is 11.1 Å². The largest absolute Gasteiger partial charge is 0.303 e. The van der Waals surface area contributed by atoms with Crippen molar-refractivity contribution in [2.24, 2.45) is 0 Å². The molecule has 0 radical (unpaired) electrons. The van der Waals surface area contributed by atoms with Gasteiger partial charge in [-0.1, -0.05) is 15.9 Å². The Balaban J connectivity index is 2.33. The molecule has 2 aromatic heterocycles. The number of nitrogens with zero attached hydrogens (tertiary/aromatic N) is 3. The molecule has 0 aliphatic heterocycles. The maximum Gasteiger partial charge on any atom is 0.276 e. The predicted octanol–water partition coefficient (Wildman–Crippen LogP) is 1.27. The van der Waals surface area contributed by atoms with Crippen LogP contribution in [0.2, 0.25) is 0 Å². The van der Waals surface area contributed by atoms with Crippen LogP contribution in [0.15, 0.2) is 41.6 Å². The summed E-state index contributed by atoms with van der Waals surface area (Å²) in [7, 11) is 0. The van der Waals surface area contributed by atoms with Gasteiger partial charge in [-0.15, -0.1) is 0 Å². The molecule has 0 saturated heterocycles. The Morgan fingerprint density at radius 2 is 2.27 bits per heavy atom. The van der Waals surface area contributed by atoms with E-state index in [2.05, 4.69) is 26.5 Å². The highest BCUT2D eigenvalue weighted by molar-refractivity contribution is 9.08. The number of aromatic nitrogens is 3. The molecular weight excluding hydrogens is 260 g/mol. The van der Waals surface area contributed by atoms with Gasteiger partial charge in [0.2, 0.25) is 0 Å². The van der Waals surface area contributed by atoms with Crippen LogP contribution in [0, 0.1) is 0 Å². The normalized spacial score (nSPS) is 10.2. The lowest BCUT2D eigenvalue weighted by Gasteiger charge is -2.07. The minimum absolute atomic E-state index is 0.0927. The fourth-order valence-corrected chi connectivity index (χ4v) is 1.57. The maximum atomic E-state index is 11.8. The van der Waals surface area contributed by atoms with Gasteiger partial charge in [0.1, 0.15) is 5.69 Å². The standard InChI is InChI=1S/C9H9BrN4O/c10-7-13-5-1-3-8(9(13)15)12-14-6-2-4-11-14/h1-6,12H,7H2. The average molecular weight is 269 g/mol. The second-order valence-electron chi connectivity index (χ2n) is 2.88. The number of halogens is 1. The van der Waals surface area contributed by atoms with Crippen molar-refractivity contribution in [2.75, 3.05) is 5.43 Å². The number of anilines is 1. The summed E-state index contributed by atoms with van der Waals surface area (Å²) in [5.41, 5.74) is 3.74. The molecule has 1 N–H and O–H groups in total. The minimum Gasteiger partial charge on any atom is -0.303 e. The number of hydrogen-bond donors (Lipinski definition) is 1. The molecular formula is C9H9BrN4O. The van der Waals surface area contributed by atoms with Gasteiger partial charge in [0.25, 0.3) is 5.56 Å². The van der Waals surface area contributed by atoms with Crippen molar-refractivity contribution in [3.05, 3.63) is 47.1 Å². The van der Waals surface area contributed by atoms with Crippen LogP contribution in [0.25, 0.3) is 0 Å². The third kappa shape index (κ3) is 2.10. The summed E-state index contributed by atoms with van der Waals surface area (Å²) in [6.07, 6.45) is 5.08. The zero-order valence-corrected chi connectivity index (χ0v) is 9.39. The van der Waals surface area contributed by atoms with Crippen molar-refractivity contribution < 1.29 is 0 Å². The van der Waals surface area contributed by atoms with E-state index < -0.39 is 0 Å². The number of pyridine rings is 1. The molecule has 2 aromatic rings. The van der Waals surface area contributed by atoms with E-state index in [1.165, 1.54) is 4.79 Å². The number of nitrogens with one attached hydrogen (secondary N) is 1. The number of alkyl halides is 1. The lowest BCUT2D eigenvalue weighted by molar-refractivity contribution is 0.785. The first-order chi connectivity index (χ1) is 7.31. The van der Waals surface area contributed by atoms with Crippen LogP contribution in [0.5, 0.6) is 0 Å². The van der Waals surface area contributed by atoms with Gasteiger partial charge in [0.05, 0.1) is 11.7 Å². The monoisotopic (exact) mass is 268 g/mol. The van der Waals surface area contributed by atoms with E-state index in [1.807, 2.05) is 0 Å². The molecule has 5 nitrogen and oxygen atoms in total. The van der Waals surface area contributed by atoms with E-state index in [1.54, 1.807) is 41.4 Å². The molecule has 6 heteroatoms. The van der Waals surface area contributed by atoms with Crippen molar-refractivity contribution in [1.29, 1.82) is 0 Å². The summed E-state index contributed by atoms with van der Waals surface area (Å²) in [5.74, 6) is 0. The van der Waals surface area contributed by atoms with E-state index in [-0.39, 0.29) is 5.56 Å². The van der Waals surface area contributed by atoms with Crippen LogP contribution in [0.1, 0.15) is 0 Å². The van der Waals surface area contributed by atoms with Crippen LogP contribution in [0.3, 0.4) is 0 Å². The molecule has 0 atom stereocenters. The van der Waals surface area contributed by atoms with Gasteiger partial charge in [-0.2, -0.15) is 9.89 Å². The highest BCUT2D eigenvalue weighted by Crippen LogP contribution is 2.00. The lowest BCUT2D eigenvalue weighted by Crippen LogP contribution is -2.23.